The first kappa shape index (κ1) is 16.7. The number of nitrogens with zero attached hydrogens (tertiary/aromatic N) is 3. The number of hydrogen-bond acceptors (Lipinski definition) is 4. The minimum absolute atomic E-state index is 0.244. The summed E-state index contributed by atoms with van der Waals surface area (Å²) in [4.78, 5) is 10.8. The maximum Gasteiger partial charge on any atom is 0.191 e. The Balaban J connectivity index is 1.48. The number of piperidine rings is 1. The molecule has 1 aromatic rings. The quantitative estimate of drug-likeness (QED) is 0.675. The molecular formula is C17H28N4OS. The van der Waals surface area contributed by atoms with Crippen molar-refractivity contribution in [3.05, 3.63) is 22.4 Å². The molecule has 0 spiro atoms. The van der Waals surface area contributed by atoms with Crippen LogP contribution < -0.4 is 5.73 Å². The van der Waals surface area contributed by atoms with Gasteiger partial charge in [0.05, 0.1) is 12.7 Å². The van der Waals surface area contributed by atoms with Crippen molar-refractivity contribution >= 4 is 17.3 Å². The number of likely N-dealkylation sites (tertiary alicyclic amines) is 1. The number of rotatable bonds is 4. The maximum absolute atomic E-state index is 6.18. The van der Waals surface area contributed by atoms with E-state index in [1.807, 2.05) is 11.3 Å². The van der Waals surface area contributed by atoms with E-state index < -0.39 is 0 Å². The van der Waals surface area contributed by atoms with E-state index >= 15 is 0 Å². The van der Waals surface area contributed by atoms with Crippen LogP contribution in [0.3, 0.4) is 0 Å². The van der Waals surface area contributed by atoms with Gasteiger partial charge >= 0.3 is 0 Å². The van der Waals surface area contributed by atoms with Crippen LogP contribution in [0, 0.1) is 5.92 Å². The molecule has 0 radical (unpaired) electrons. The molecule has 0 amide bonds. The van der Waals surface area contributed by atoms with Gasteiger partial charge in [-0.05, 0) is 43.7 Å². The van der Waals surface area contributed by atoms with E-state index in [-0.39, 0.29) is 6.10 Å². The molecule has 0 aliphatic carbocycles. The Morgan fingerprint density at radius 3 is 3.13 bits per heavy atom. The summed E-state index contributed by atoms with van der Waals surface area (Å²) in [5.74, 6) is 1.32. The van der Waals surface area contributed by atoms with Crippen LogP contribution in [0.2, 0.25) is 0 Å². The van der Waals surface area contributed by atoms with Crippen molar-refractivity contribution in [2.45, 2.75) is 32.4 Å². The lowest BCUT2D eigenvalue weighted by atomic mass is 9.98. The minimum atomic E-state index is 0.244. The monoisotopic (exact) mass is 336 g/mol. The standard InChI is InChI=1S/C17H28N4OS/c1-14-11-21(7-8-22-14)17(18)19-10-15-4-2-6-20(12-15)13-16-5-3-9-23-16/h3,5,9,14-15H,2,4,6-8,10-13H2,1H3,(H2,18,19). The van der Waals surface area contributed by atoms with Gasteiger partial charge in [-0.3, -0.25) is 9.89 Å². The van der Waals surface area contributed by atoms with Crippen molar-refractivity contribution in [1.29, 1.82) is 0 Å². The number of thiophene rings is 1. The van der Waals surface area contributed by atoms with Gasteiger partial charge in [0.2, 0.25) is 0 Å². The zero-order valence-corrected chi connectivity index (χ0v) is 14.8. The third kappa shape index (κ3) is 4.93. The predicted molar refractivity (Wildman–Crippen MR) is 95.8 cm³/mol. The average Bonchev–Trinajstić information content (AvgIpc) is 3.06. The van der Waals surface area contributed by atoms with E-state index in [9.17, 15) is 0 Å². The number of ether oxygens (including phenoxy) is 1. The van der Waals surface area contributed by atoms with Crippen molar-refractivity contribution in [3.8, 4) is 0 Å². The van der Waals surface area contributed by atoms with Gasteiger partial charge in [0.25, 0.3) is 0 Å². The van der Waals surface area contributed by atoms with Crippen LogP contribution in [0.15, 0.2) is 22.5 Å². The van der Waals surface area contributed by atoms with Crippen LogP contribution in [0.5, 0.6) is 0 Å². The molecule has 2 fully saturated rings. The lowest BCUT2D eigenvalue weighted by Gasteiger charge is -2.33. The lowest BCUT2D eigenvalue weighted by molar-refractivity contribution is 0.00525. The number of nitrogens with two attached hydrogens (primary N) is 1. The summed E-state index contributed by atoms with van der Waals surface area (Å²) in [6, 6.07) is 4.36. The van der Waals surface area contributed by atoms with Gasteiger partial charge in [-0.2, -0.15) is 0 Å². The smallest absolute Gasteiger partial charge is 0.191 e. The molecule has 6 heteroatoms. The molecule has 0 aromatic carbocycles. The highest BCUT2D eigenvalue weighted by atomic mass is 32.1. The highest BCUT2D eigenvalue weighted by molar-refractivity contribution is 7.09. The zero-order valence-electron chi connectivity index (χ0n) is 14.0. The summed E-state index contributed by atoms with van der Waals surface area (Å²) in [5.41, 5.74) is 6.18. The molecular weight excluding hydrogens is 308 g/mol. The van der Waals surface area contributed by atoms with Crippen molar-refractivity contribution in [3.63, 3.8) is 0 Å². The second kappa shape index (κ2) is 8.13. The van der Waals surface area contributed by atoms with E-state index in [0.29, 0.717) is 11.9 Å². The molecule has 3 rings (SSSR count). The Morgan fingerprint density at radius 1 is 1.43 bits per heavy atom. The van der Waals surface area contributed by atoms with Gasteiger partial charge in [0.1, 0.15) is 0 Å². The molecule has 23 heavy (non-hydrogen) atoms. The van der Waals surface area contributed by atoms with Crippen molar-refractivity contribution in [2.24, 2.45) is 16.6 Å². The van der Waals surface area contributed by atoms with Gasteiger partial charge in [-0.1, -0.05) is 6.07 Å². The van der Waals surface area contributed by atoms with E-state index in [2.05, 4.69) is 39.2 Å². The van der Waals surface area contributed by atoms with Gasteiger partial charge in [0, 0.05) is 37.6 Å². The molecule has 2 unspecified atom stereocenters. The lowest BCUT2D eigenvalue weighted by Crippen LogP contribution is -2.48. The third-order valence-corrected chi connectivity index (χ3v) is 5.50. The second-order valence-electron chi connectivity index (χ2n) is 6.65. The fourth-order valence-corrected chi connectivity index (χ4v) is 4.16. The Hall–Kier alpha value is -1.11. The van der Waals surface area contributed by atoms with E-state index in [1.165, 1.54) is 24.3 Å². The summed E-state index contributed by atoms with van der Waals surface area (Å²) in [6.45, 7) is 8.80. The van der Waals surface area contributed by atoms with E-state index in [4.69, 9.17) is 10.5 Å². The van der Waals surface area contributed by atoms with Crippen molar-refractivity contribution in [2.75, 3.05) is 39.3 Å². The molecule has 5 nitrogen and oxygen atoms in total. The predicted octanol–water partition coefficient (Wildman–Crippen LogP) is 2.00. The summed E-state index contributed by atoms with van der Waals surface area (Å²) < 4.78 is 5.56. The van der Waals surface area contributed by atoms with Crippen LogP contribution in [0.4, 0.5) is 0 Å². The second-order valence-corrected chi connectivity index (χ2v) is 7.68. The molecule has 2 atom stereocenters. The Bertz CT molecular complexity index is 505. The van der Waals surface area contributed by atoms with E-state index in [0.717, 1.165) is 39.3 Å². The van der Waals surface area contributed by atoms with Crippen molar-refractivity contribution < 1.29 is 4.74 Å². The van der Waals surface area contributed by atoms with Crippen LogP contribution in [-0.4, -0.2) is 61.2 Å². The first-order chi connectivity index (χ1) is 11.2. The average molecular weight is 337 g/mol. The molecule has 3 heterocycles. The highest BCUT2D eigenvalue weighted by Gasteiger charge is 2.21. The molecule has 0 saturated carbocycles. The SMILES string of the molecule is CC1CN(C(N)=NCC2CCCN(Cc3cccs3)C2)CCO1. The largest absolute Gasteiger partial charge is 0.375 e. The van der Waals surface area contributed by atoms with Crippen LogP contribution in [-0.2, 0) is 11.3 Å². The van der Waals surface area contributed by atoms with Gasteiger partial charge < -0.3 is 15.4 Å². The zero-order chi connectivity index (χ0) is 16.1. The molecule has 2 saturated heterocycles. The number of guanidine groups is 1. The minimum Gasteiger partial charge on any atom is -0.375 e. The molecule has 2 aliphatic rings. The molecule has 1 aromatic heterocycles. The first-order valence-corrected chi connectivity index (χ1v) is 9.50. The van der Waals surface area contributed by atoms with Crippen molar-refractivity contribution in [1.82, 2.24) is 9.80 Å². The van der Waals surface area contributed by atoms with E-state index in [1.54, 1.807) is 0 Å². The fraction of sp³-hybridized carbons (Fsp3) is 0.706. The van der Waals surface area contributed by atoms with Gasteiger partial charge in [0.15, 0.2) is 5.96 Å². The Morgan fingerprint density at radius 2 is 2.35 bits per heavy atom. The summed E-state index contributed by atoms with van der Waals surface area (Å²) in [6.07, 6.45) is 2.77. The maximum atomic E-state index is 6.18. The van der Waals surface area contributed by atoms with Crippen LogP contribution in [0.25, 0.3) is 0 Å². The molecule has 2 N–H and O–H groups in total. The van der Waals surface area contributed by atoms with Crippen LogP contribution in [0.1, 0.15) is 24.6 Å². The highest BCUT2D eigenvalue weighted by Crippen LogP contribution is 2.20. The number of aliphatic imine (C=N–C) groups is 1. The van der Waals surface area contributed by atoms with Crippen LogP contribution >= 0.6 is 11.3 Å². The molecule has 128 valence electrons. The van der Waals surface area contributed by atoms with Gasteiger partial charge in [-0.15, -0.1) is 11.3 Å². The first-order valence-electron chi connectivity index (χ1n) is 8.62. The molecule has 2 aliphatic heterocycles. The number of hydrogen-bond donors (Lipinski definition) is 1. The molecule has 0 bridgehead atoms. The Labute approximate surface area is 143 Å². The van der Waals surface area contributed by atoms with Gasteiger partial charge in [-0.25, -0.2) is 0 Å². The third-order valence-electron chi connectivity index (χ3n) is 4.64. The normalized spacial score (nSPS) is 27.3. The summed E-state index contributed by atoms with van der Waals surface area (Å²) in [5, 5.41) is 2.16. The summed E-state index contributed by atoms with van der Waals surface area (Å²) in [7, 11) is 0. The topological polar surface area (TPSA) is 54.1 Å². The number of morpholine rings is 1. The fourth-order valence-electron chi connectivity index (χ4n) is 3.42. The Kier molecular flexibility index (Phi) is 5.91. The summed E-state index contributed by atoms with van der Waals surface area (Å²) >= 11 is 1.85.